The SMILES string of the molecule is Cc1ncc2c(Cl)cc(C3(O)CN(C(CCC4OCCO4)C(C)C)C3)cn12. The third-order valence-corrected chi connectivity index (χ3v) is 6.17. The first-order chi connectivity index (χ1) is 12.9. The van der Waals surface area contributed by atoms with Crippen LogP contribution in [-0.2, 0) is 15.1 Å². The quantitative estimate of drug-likeness (QED) is 0.817. The first-order valence-corrected chi connectivity index (χ1v) is 10.1. The third-order valence-electron chi connectivity index (χ3n) is 5.87. The van der Waals surface area contributed by atoms with Gasteiger partial charge in [-0.15, -0.1) is 0 Å². The van der Waals surface area contributed by atoms with Crippen LogP contribution in [0.15, 0.2) is 18.5 Å². The Morgan fingerprint density at radius 2 is 2.04 bits per heavy atom. The highest BCUT2D eigenvalue weighted by molar-refractivity contribution is 6.33. The molecule has 0 aliphatic carbocycles. The van der Waals surface area contributed by atoms with Crippen LogP contribution in [0.3, 0.4) is 0 Å². The molecule has 2 aliphatic rings. The fraction of sp³-hybridized carbons (Fsp3) is 0.650. The smallest absolute Gasteiger partial charge is 0.157 e. The molecule has 1 atom stereocenters. The van der Waals surface area contributed by atoms with Crippen molar-refractivity contribution in [1.82, 2.24) is 14.3 Å². The minimum absolute atomic E-state index is 0.0724. The zero-order valence-corrected chi connectivity index (χ0v) is 16.9. The summed E-state index contributed by atoms with van der Waals surface area (Å²) in [5.74, 6) is 1.36. The molecule has 0 spiro atoms. The van der Waals surface area contributed by atoms with Crippen LogP contribution in [0.2, 0.25) is 5.02 Å². The largest absolute Gasteiger partial charge is 0.382 e. The average Bonchev–Trinajstić information content (AvgIpc) is 3.23. The van der Waals surface area contributed by atoms with Crippen molar-refractivity contribution in [3.8, 4) is 0 Å². The second-order valence-corrected chi connectivity index (χ2v) is 8.54. The Balaban J connectivity index is 1.46. The van der Waals surface area contributed by atoms with Crippen LogP contribution in [0.1, 0.15) is 38.1 Å². The molecule has 1 N–H and O–H groups in total. The lowest BCUT2D eigenvalue weighted by Gasteiger charge is -2.51. The van der Waals surface area contributed by atoms with Crippen molar-refractivity contribution in [2.75, 3.05) is 26.3 Å². The lowest BCUT2D eigenvalue weighted by molar-refractivity contribution is -0.133. The van der Waals surface area contributed by atoms with Crippen molar-refractivity contribution in [1.29, 1.82) is 0 Å². The number of aromatic nitrogens is 2. The Morgan fingerprint density at radius 3 is 2.70 bits per heavy atom. The van der Waals surface area contributed by atoms with Crippen molar-refractivity contribution in [2.24, 2.45) is 5.92 Å². The van der Waals surface area contributed by atoms with Crippen LogP contribution < -0.4 is 0 Å². The number of imidazole rings is 1. The highest BCUT2D eigenvalue weighted by atomic mass is 35.5. The highest BCUT2D eigenvalue weighted by Crippen LogP contribution is 2.37. The maximum absolute atomic E-state index is 11.2. The minimum Gasteiger partial charge on any atom is -0.382 e. The number of rotatable bonds is 6. The maximum Gasteiger partial charge on any atom is 0.157 e. The number of hydrogen-bond donors (Lipinski definition) is 1. The van der Waals surface area contributed by atoms with Crippen LogP contribution in [0.25, 0.3) is 5.52 Å². The zero-order valence-electron chi connectivity index (χ0n) is 16.2. The average molecular weight is 394 g/mol. The first kappa shape index (κ1) is 19.2. The summed E-state index contributed by atoms with van der Waals surface area (Å²) in [6.07, 6.45) is 5.55. The summed E-state index contributed by atoms with van der Waals surface area (Å²) < 4.78 is 13.1. The van der Waals surface area contributed by atoms with Crippen molar-refractivity contribution >= 4 is 17.1 Å². The standard InChI is InChI=1S/C20H28ClN3O3/c1-13(2)17(4-5-19-26-6-7-27-19)23-11-20(25,12-23)15-8-16(21)18-9-22-14(3)24(18)10-15/h8-10,13,17,19,25H,4-7,11-12H2,1-3H3. The molecule has 0 saturated carbocycles. The van der Waals surface area contributed by atoms with Gasteiger partial charge >= 0.3 is 0 Å². The van der Waals surface area contributed by atoms with E-state index < -0.39 is 5.60 Å². The molecule has 2 aliphatic heterocycles. The molecule has 7 heteroatoms. The summed E-state index contributed by atoms with van der Waals surface area (Å²) in [6, 6.07) is 2.27. The molecule has 0 aromatic carbocycles. The number of β-amino-alcohol motifs (C(OH)–C–C–N with tert-alkyl or cyclic N) is 1. The van der Waals surface area contributed by atoms with E-state index in [2.05, 4.69) is 23.7 Å². The van der Waals surface area contributed by atoms with Gasteiger partial charge in [0.25, 0.3) is 0 Å². The van der Waals surface area contributed by atoms with Gasteiger partial charge in [0.05, 0.1) is 29.9 Å². The summed E-state index contributed by atoms with van der Waals surface area (Å²) in [5.41, 5.74) is 0.846. The van der Waals surface area contributed by atoms with Crippen molar-refractivity contribution in [3.63, 3.8) is 0 Å². The molecule has 148 valence electrons. The van der Waals surface area contributed by atoms with Crippen LogP contribution in [0, 0.1) is 12.8 Å². The predicted molar refractivity (Wildman–Crippen MR) is 104 cm³/mol. The van der Waals surface area contributed by atoms with E-state index in [4.69, 9.17) is 21.1 Å². The molecule has 6 nitrogen and oxygen atoms in total. The lowest BCUT2D eigenvalue weighted by Crippen LogP contribution is -2.63. The Labute approximate surface area is 165 Å². The van der Waals surface area contributed by atoms with Crippen molar-refractivity contribution < 1.29 is 14.6 Å². The van der Waals surface area contributed by atoms with Gasteiger partial charge in [-0.2, -0.15) is 0 Å². The number of halogens is 1. The van der Waals surface area contributed by atoms with E-state index in [9.17, 15) is 5.11 Å². The molecule has 0 bridgehead atoms. The van der Waals surface area contributed by atoms with Gasteiger partial charge in [0.15, 0.2) is 6.29 Å². The minimum atomic E-state index is -0.873. The number of aliphatic hydroxyl groups is 1. The molecule has 4 heterocycles. The molecule has 0 radical (unpaired) electrons. The molecule has 4 rings (SSSR count). The number of pyridine rings is 1. The summed E-state index contributed by atoms with van der Waals surface area (Å²) in [6.45, 7) is 9.00. The van der Waals surface area contributed by atoms with E-state index in [0.717, 1.165) is 29.7 Å². The van der Waals surface area contributed by atoms with Crippen LogP contribution in [0.5, 0.6) is 0 Å². The molecular formula is C20H28ClN3O3. The Morgan fingerprint density at radius 1 is 1.33 bits per heavy atom. The van der Waals surface area contributed by atoms with E-state index in [-0.39, 0.29) is 6.29 Å². The highest BCUT2D eigenvalue weighted by Gasteiger charge is 2.46. The first-order valence-electron chi connectivity index (χ1n) is 9.71. The number of fused-ring (bicyclic) bond motifs is 1. The summed E-state index contributed by atoms with van der Waals surface area (Å²) in [5, 5.41) is 11.8. The fourth-order valence-electron chi connectivity index (χ4n) is 4.30. The monoisotopic (exact) mass is 393 g/mol. The van der Waals surface area contributed by atoms with Crippen LogP contribution in [0.4, 0.5) is 0 Å². The zero-order chi connectivity index (χ0) is 19.2. The van der Waals surface area contributed by atoms with Gasteiger partial charge in [0.1, 0.15) is 11.4 Å². The fourth-order valence-corrected chi connectivity index (χ4v) is 4.55. The molecule has 27 heavy (non-hydrogen) atoms. The maximum atomic E-state index is 11.2. The summed E-state index contributed by atoms with van der Waals surface area (Å²) >= 11 is 6.42. The Kier molecular flexibility index (Phi) is 5.20. The molecule has 0 amide bonds. The molecule has 2 aromatic rings. The van der Waals surface area contributed by atoms with E-state index in [0.29, 0.717) is 43.3 Å². The van der Waals surface area contributed by atoms with E-state index in [1.807, 2.05) is 23.6 Å². The molecular weight excluding hydrogens is 366 g/mol. The Bertz CT molecular complexity index is 810. The van der Waals surface area contributed by atoms with Gasteiger partial charge in [-0.05, 0) is 31.7 Å². The van der Waals surface area contributed by atoms with Gasteiger partial charge in [0.2, 0.25) is 0 Å². The second-order valence-electron chi connectivity index (χ2n) is 8.13. The van der Waals surface area contributed by atoms with Gasteiger partial charge < -0.3 is 19.0 Å². The number of nitrogens with zero attached hydrogens (tertiary/aromatic N) is 3. The predicted octanol–water partition coefficient (Wildman–Crippen LogP) is 2.98. The molecule has 2 saturated heterocycles. The number of ether oxygens (including phenoxy) is 2. The third kappa shape index (κ3) is 3.61. The topological polar surface area (TPSA) is 59.2 Å². The normalized spacial score (nSPS) is 21.9. The second kappa shape index (κ2) is 7.33. The van der Waals surface area contributed by atoms with Crippen molar-refractivity contribution in [3.05, 3.63) is 34.9 Å². The van der Waals surface area contributed by atoms with Gasteiger partial charge in [-0.1, -0.05) is 25.4 Å². The molecule has 2 fully saturated rings. The molecule has 1 unspecified atom stereocenters. The van der Waals surface area contributed by atoms with Crippen molar-refractivity contribution in [2.45, 2.75) is 51.5 Å². The van der Waals surface area contributed by atoms with E-state index in [1.165, 1.54) is 0 Å². The van der Waals surface area contributed by atoms with Gasteiger partial charge in [-0.3, -0.25) is 4.90 Å². The summed E-state index contributed by atoms with van der Waals surface area (Å²) in [7, 11) is 0. The van der Waals surface area contributed by atoms with E-state index >= 15 is 0 Å². The van der Waals surface area contributed by atoms with Gasteiger partial charge in [-0.25, -0.2) is 4.98 Å². The van der Waals surface area contributed by atoms with Gasteiger partial charge in [0, 0.05) is 30.9 Å². The lowest BCUT2D eigenvalue weighted by atomic mass is 9.83. The van der Waals surface area contributed by atoms with Crippen LogP contribution >= 0.6 is 11.6 Å². The van der Waals surface area contributed by atoms with E-state index in [1.54, 1.807) is 6.20 Å². The molecule has 2 aromatic heterocycles. The number of likely N-dealkylation sites (tertiary alicyclic amines) is 1. The summed E-state index contributed by atoms with van der Waals surface area (Å²) in [4.78, 5) is 6.67. The Hall–Kier alpha value is -1.18. The number of hydrogen-bond acceptors (Lipinski definition) is 5. The van der Waals surface area contributed by atoms with Crippen LogP contribution in [-0.4, -0.2) is 58.0 Å². The number of aryl methyl sites for hydroxylation is 1.